The van der Waals surface area contributed by atoms with Crippen molar-refractivity contribution in [2.75, 3.05) is 0 Å². The van der Waals surface area contributed by atoms with Gasteiger partial charge in [-0.2, -0.15) is 5.11 Å². The van der Waals surface area contributed by atoms with Gasteiger partial charge in [0.15, 0.2) is 5.69 Å². The average molecular weight is 242 g/mol. The summed E-state index contributed by atoms with van der Waals surface area (Å²) >= 11 is 0. The third-order valence-corrected chi connectivity index (χ3v) is 2.60. The Bertz CT molecular complexity index is 586. The van der Waals surface area contributed by atoms with Gasteiger partial charge in [-0.3, -0.25) is 0 Å². The summed E-state index contributed by atoms with van der Waals surface area (Å²) in [5.74, 6) is -0.188. The van der Waals surface area contributed by atoms with Crippen LogP contribution >= 0.6 is 0 Å². The number of aromatic hydroxyl groups is 2. The molecule has 0 saturated heterocycles. The maximum Gasteiger partial charge on any atom is 0.169 e. The number of nitrogens with zero attached hydrogens (tertiary/aromatic N) is 2. The Balaban J connectivity index is 2.36. The van der Waals surface area contributed by atoms with Gasteiger partial charge in [-0.1, -0.05) is 23.8 Å². The van der Waals surface area contributed by atoms with Gasteiger partial charge in [0.1, 0.15) is 11.5 Å². The normalized spacial score (nSPS) is 11.0. The van der Waals surface area contributed by atoms with E-state index in [1.54, 1.807) is 6.07 Å². The minimum absolute atomic E-state index is 0.0810. The van der Waals surface area contributed by atoms with Gasteiger partial charge in [-0.05, 0) is 37.6 Å². The quantitative estimate of drug-likeness (QED) is 0.777. The van der Waals surface area contributed by atoms with Gasteiger partial charge in [0, 0.05) is 0 Å². The maximum atomic E-state index is 9.57. The van der Waals surface area contributed by atoms with Crippen molar-refractivity contribution in [1.82, 2.24) is 0 Å². The fraction of sp³-hybridized carbons (Fsp3) is 0.143. The predicted molar refractivity (Wildman–Crippen MR) is 69.9 cm³/mol. The smallest absolute Gasteiger partial charge is 0.169 e. The molecule has 0 bridgehead atoms. The second-order valence-electron chi connectivity index (χ2n) is 4.13. The summed E-state index contributed by atoms with van der Waals surface area (Å²) in [6, 6.07) is 10.2. The molecule has 18 heavy (non-hydrogen) atoms. The third kappa shape index (κ3) is 2.48. The van der Waals surface area contributed by atoms with Crippen LogP contribution in [0.15, 0.2) is 46.6 Å². The average Bonchev–Trinajstić information content (AvgIpc) is 2.31. The van der Waals surface area contributed by atoms with Crippen molar-refractivity contribution in [2.45, 2.75) is 13.8 Å². The van der Waals surface area contributed by atoms with E-state index in [1.807, 2.05) is 32.0 Å². The largest absolute Gasteiger partial charge is 0.505 e. The maximum absolute atomic E-state index is 9.57. The number of aryl methyl sites for hydroxylation is 2. The Morgan fingerprint density at radius 3 is 2.17 bits per heavy atom. The van der Waals surface area contributed by atoms with E-state index in [0.29, 0.717) is 5.69 Å². The molecule has 0 spiro atoms. The molecule has 2 aromatic carbocycles. The van der Waals surface area contributed by atoms with Crippen LogP contribution in [0.5, 0.6) is 11.5 Å². The van der Waals surface area contributed by atoms with Crippen LogP contribution < -0.4 is 0 Å². The number of phenolic OH excluding ortho intramolecular Hbond substituents is 2. The third-order valence-electron chi connectivity index (χ3n) is 2.60. The Morgan fingerprint density at radius 2 is 1.56 bits per heavy atom. The molecular formula is C14H14N2O2. The molecule has 0 heterocycles. The lowest BCUT2D eigenvalue weighted by molar-refractivity contribution is 0.452. The Kier molecular flexibility index (Phi) is 3.28. The zero-order chi connectivity index (χ0) is 13.1. The van der Waals surface area contributed by atoms with Crippen LogP contribution in [0.1, 0.15) is 11.1 Å². The molecule has 0 unspecified atom stereocenters. The van der Waals surface area contributed by atoms with Gasteiger partial charge in [-0.25, -0.2) is 0 Å². The molecule has 0 aromatic heterocycles. The first-order valence-electron chi connectivity index (χ1n) is 5.58. The summed E-state index contributed by atoms with van der Waals surface area (Å²) in [6.45, 7) is 3.94. The van der Waals surface area contributed by atoms with Crippen molar-refractivity contribution in [2.24, 2.45) is 10.2 Å². The lowest BCUT2D eigenvalue weighted by Gasteiger charge is -2.02. The molecule has 2 rings (SSSR count). The van der Waals surface area contributed by atoms with Gasteiger partial charge in [0.25, 0.3) is 0 Å². The first-order valence-corrected chi connectivity index (χ1v) is 5.58. The van der Waals surface area contributed by atoms with Crippen LogP contribution in [0, 0.1) is 13.8 Å². The molecule has 92 valence electrons. The van der Waals surface area contributed by atoms with Crippen molar-refractivity contribution in [3.8, 4) is 11.5 Å². The molecule has 0 saturated carbocycles. The van der Waals surface area contributed by atoms with Crippen LogP contribution in [-0.4, -0.2) is 10.2 Å². The molecule has 0 radical (unpaired) electrons. The van der Waals surface area contributed by atoms with Gasteiger partial charge in [0.2, 0.25) is 0 Å². The fourth-order valence-corrected chi connectivity index (χ4v) is 1.64. The van der Waals surface area contributed by atoms with Crippen LogP contribution in [-0.2, 0) is 0 Å². The lowest BCUT2D eigenvalue weighted by Crippen LogP contribution is -1.76. The number of hydrogen-bond donors (Lipinski definition) is 2. The molecule has 0 atom stereocenters. The van der Waals surface area contributed by atoms with Gasteiger partial charge in [-0.15, -0.1) is 5.11 Å². The van der Waals surface area contributed by atoms with Crippen LogP contribution in [0.3, 0.4) is 0 Å². The van der Waals surface area contributed by atoms with Crippen molar-refractivity contribution in [3.63, 3.8) is 0 Å². The summed E-state index contributed by atoms with van der Waals surface area (Å²) in [5, 5.41) is 27.1. The molecule has 0 fully saturated rings. The molecule has 4 nitrogen and oxygen atoms in total. The van der Waals surface area contributed by atoms with Crippen LogP contribution in [0.2, 0.25) is 0 Å². The summed E-state index contributed by atoms with van der Waals surface area (Å²) in [6.07, 6.45) is 0. The zero-order valence-electron chi connectivity index (χ0n) is 10.3. The number of hydrogen-bond acceptors (Lipinski definition) is 4. The topological polar surface area (TPSA) is 65.2 Å². The minimum atomic E-state index is -0.0940. The molecule has 2 N–H and O–H groups in total. The minimum Gasteiger partial charge on any atom is -0.505 e. The highest BCUT2D eigenvalue weighted by molar-refractivity contribution is 5.60. The predicted octanol–water partition coefficient (Wildman–Crippen LogP) is 4.13. The number of azo groups is 1. The number of rotatable bonds is 2. The van der Waals surface area contributed by atoms with Gasteiger partial charge < -0.3 is 10.2 Å². The van der Waals surface area contributed by atoms with E-state index in [-0.39, 0.29) is 17.2 Å². The molecule has 4 heteroatoms. The van der Waals surface area contributed by atoms with Crippen molar-refractivity contribution < 1.29 is 10.2 Å². The van der Waals surface area contributed by atoms with E-state index >= 15 is 0 Å². The van der Waals surface area contributed by atoms with Crippen LogP contribution in [0.25, 0.3) is 0 Å². The molecule has 0 aliphatic rings. The standard InChI is InChI=1S/C14H14N2O2/c1-9-6-7-11(10(2)8-9)15-16-14-12(17)4-3-5-13(14)18/h3-8,17-18H,1-2H3. The van der Waals surface area contributed by atoms with Crippen molar-refractivity contribution >= 4 is 11.4 Å². The SMILES string of the molecule is Cc1ccc(N=Nc2c(O)cccc2O)c(C)c1. The lowest BCUT2D eigenvalue weighted by atomic mass is 10.1. The Labute approximate surface area is 105 Å². The fourth-order valence-electron chi connectivity index (χ4n) is 1.64. The van der Waals surface area contributed by atoms with Crippen molar-refractivity contribution in [3.05, 3.63) is 47.5 Å². The monoisotopic (exact) mass is 242 g/mol. The molecule has 0 aliphatic carbocycles. The highest BCUT2D eigenvalue weighted by Gasteiger charge is 2.05. The van der Waals surface area contributed by atoms with Gasteiger partial charge >= 0.3 is 0 Å². The first-order chi connectivity index (χ1) is 8.58. The highest BCUT2D eigenvalue weighted by atomic mass is 16.3. The zero-order valence-corrected chi connectivity index (χ0v) is 10.3. The van der Waals surface area contributed by atoms with E-state index in [2.05, 4.69) is 10.2 Å². The summed E-state index contributed by atoms with van der Waals surface area (Å²) in [4.78, 5) is 0. The summed E-state index contributed by atoms with van der Waals surface area (Å²) in [5.41, 5.74) is 2.94. The summed E-state index contributed by atoms with van der Waals surface area (Å²) < 4.78 is 0. The second-order valence-corrected chi connectivity index (χ2v) is 4.13. The summed E-state index contributed by atoms with van der Waals surface area (Å²) in [7, 11) is 0. The van der Waals surface area contributed by atoms with Crippen LogP contribution in [0.4, 0.5) is 11.4 Å². The van der Waals surface area contributed by atoms with E-state index in [9.17, 15) is 10.2 Å². The number of phenols is 2. The second kappa shape index (κ2) is 4.87. The van der Waals surface area contributed by atoms with E-state index in [4.69, 9.17) is 0 Å². The van der Waals surface area contributed by atoms with Crippen molar-refractivity contribution in [1.29, 1.82) is 0 Å². The Hall–Kier alpha value is -2.36. The van der Waals surface area contributed by atoms with Gasteiger partial charge in [0.05, 0.1) is 5.69 Å². The first kappa shape index (κ1) is 12.1. The highest BCUT2D eigenvalue weighted by Crippen LogP contribution is 2.36. The Morgan fingerprint density at radius 1 is 0.889 bits per heavy atom. The van der Waals surface area contributed by atoms with E-state index in [0.717, 1.165) is 11.1 Å². The van der Waals surface area contributed by atoms with E-state index < -0.39 is 0 Å². The number of benzene rings is 2. The molecule has 2 aromatic rings. The van der Waals surface area contributed by atoms with E-state index in [1.165, 1.54) is 12.1 Å². The molecule has 0 amide bonds. The molecule has 0 aliphatic heterocycles. The molecular weight excluding hydrogens is 228 g/mol.